The molecule has 37 heavy (non-hydrogen) atoms. The SMILES string of the molecule is CN(C)C(CCC(NC(N)=O)c1ccc(C(=O)Nc2ccccc2N)cc1)c1ccc(F)c([N+](=O)[O-])c1. The number of nitro groups is 1. The number of nitrogen functional groups attached to an aromatic ring is 1. The lowest BCUT2D eigenvalue weighted by atomic mass is 9.94. The first kappa shape index (κ1) is 27.1. The summed E-state index contributed by atoms with van der Waals surface area (Å²) in [5.41, 5.74) is 13.3. The van der Waals surface area contributed by atoms with Crippen LogP contribution in [0.5, 0.6) is 0 Å². The number of hydrogen-bond acceptors (Lipinski definition) is 6. The van der Waals surface area contributed by atoms with Crippen molar-refractivity contribution >= 4 is 29.0 Å². The fourth-order valence-electron chi connectivity index (χ4n) is 4.09. The molecule has 3 amide bonds. The third-order valence-corrected chi connectivity index (χ3v) is 6.00. The second kappa shape index (κ2) is 12.0. The lowest BCUT2D eigenvalue weighted by Crippen LogP contribution is -2.34. The number of nitrogens with zero attached hydrogens (tertiary/aromatic N) is 2. The van der Waals surface area contributed by atoms with Gasteiger partial charge in [0.15, 0.2) is 0 Å². The Morgan fingerprint density at radius 3 is 2.27 bits per heavy atom. The molecule has 0 aromatic heterocycles. The van der Waals surface area contributed by atoms with Crippen LogP contribution in [0.15, 0.2) is 66.7 Å². The standard InChI is InChI=1S/C26H29FN6O4/c1-32(2)23(18-11-12-19(27)24(15-18)33(36)37)14-13-21(31-26(29)35)16-7-9-17(10-8-16)25(34)30-22-6-4-3-5-20(22)28/h3-12,15,21,23H,13-14,28H2,1-2H3,(H,30,34)(H3,29,31,35). The molecule has 0 aliphatic heterocycles. The molecular formula is C26H29FN6O4. The zero-order chi connectivity index (χ0) is 27.1. The summed E-state index contributed by atoms with van der Waals surface area (Å²) in [5, 5.41) is 16.7. The number of benzene rings is 3. The molecule has 0 bridgehead atoms. The van der Waals surface area contributed by atoms with Crippen LogP contribution in [0.1, 0.15) is 46.4 Å². The first-order chi connectivity index (χ1) is 17.6. The lowest BCUT2D eigenvalue weighted by Gasteiger charge is -2.27. The maximum atomic E-state index is 13.8. The van der Waals surface area contributed by atoms with Crippen LogP contribution in [0.3, 0.4) is 0 Å². The molecule has 0 aliphatic carbocycles. The average Bonchev–Trinajstić information content (AvgIpc) is 2.85. The normalized spacial score (nSPS) is 12.5. The number of halogens is 1. The zero-order valence-electron chi connectivity index (χ0n) is 20.5. The van der Waals surface area contributed by atoms with E-state index in [2.05, 4.69) is 10.6 Å². The smallest absolute Gasteiger partial charge is 0.312 e. The highest BCUT2D eigenvalue weighted by Crippen LogP contribution is 2.31. The number of amides is 3. The van der Waals surface area contributed by atoms with Gasteiger partial charge in [-0.3, -0.25) is 14.9 Å². The number of primary amides is 1. The summed E-state index contributed by atoms with van der Waals surface area (Å²) in [6, 6.07) is 15.9. The number of nitrogens with two attached hydrogens (primary N) is 2. The van der Waals surface area contributed by atoms with Gasteiger partial charge in [-0.15, -0.1) is 0 Å². The quantitative estimate of drug-likeness (QED) is 0.181. The van der Waals surface area contributed by atoms with Gasteiger partial charge in [0.1, 0.15) is 0 Å². The summed E-state index contributed by atoms with van der Waals surface area (Å²) in [4.78, 5) is 36.6. The highest BCUT2D eigenvalue weighted by atomic mass is 19.1. The van der Waals surface area contributed by atoms with E-state index < -0.39 is 28.5 Å². The Bertz CT molecular complexity index is 1280. The number of rotatable bonds is 10. The molecular weight excluding hydrogens is 479 g/mol. The van der Waals surface area contributed by atoms with Gasteiger partial charge in [-0.2, -0.15) is 4.39 Å². The van der Waals surface area contributed by atoms with Crippen LogP contribution in [0.4, 0.5) is 26.2 Å². The molecule has 2 atom stereocenters. The van der Waals surface area contributed by atoms with Gasteiger partial charge in [-0.1, -0.05) is 30.3 Å². The van der Waals surface area contributed by atoms with Crippen molar-refractivity contribution in [2.45, 2.75) is 24.9 Å². The van der Waals surface area contributed by atoms with Crippen molar-refractivity contribution in [3.8, 4) is 0 Å². The van der Waals surface area contributed by atoms with Gasteiger partial charge >= 0.3 is 11.7 Å². The monoisotopic (exact) mass is 508 g/mol. The van der Waals surface area contributed by atoms with Crippen molar-refractivity contribution in [2.75, 3.05) is 25.1 Å². The predicted molar refractivity (Wildman–Crippen MR) is 139 cm³/mol. The number of nitro benzene ring substituents is 1. The molecule has 6 N–H and O–H groups in total. The number of anilines is 2. The van der Waals surface area contributed by atoms with Gasteiger partial charge in [-0.25, -0.2) is 4.79 Å². The molecule has 0 aliphatic rings. The summed E-state index contributed by atoms with van der Waals surface area (Å²) in [7, 11) is 3.62. The average molecular weight is 509 g/mol. The molecule has 3 rings (SSSR count). The van der Waals surface area contributed by atoms with E-state index >= 15 is 0 Å². The van der Waals surface area contributed by atoms with Crippen molar-refractivity contribution in [2.24, 2.45) is 5.73 Å². The molecule has 0 spiro atoms. The second-order valence-corrected chi connectivity index (χ2v) is 8.75. The van der Waals surface area contributed by atoms with Gasteiger partial charge in [0, 0.05) is 17.7 Å². The number of urea groups is 1. The van der Waals surface area contributed by atoms with E-state index in [1.54, 1.807) is 48.5 Å². The molecule has 2 unspecified atom stereocenters. The van der Waals surface area contributed by atoms with Crippen LogP contribution in [0.2, 0.25) is 0 Å². The molecule has 0 saturated carbocycles. The van der Waals surface area contributed by atoms with Crippen LogP contribution in [0.25, 0.3) is 0 Å². The van der Waals surface area contributed by atoms with E-state index in [4.69, 9.17) is 11.5 Å². The Morgan fingerprint density at radius 1 is 1.03 bits per heavy atom. The third-order valence-electron chi connectivity index (χ3n) is 6.00. The summed E-state index contributed by atoms with van der Waals surface area (Å²) >= 11 is 0. The van der Waals surface area contributed by atoms with Crippen molar-refractivity contribution in [3.05, 3.63) is 99.4 Å². The van der Waals surface area contributed by atoms with Crippen molar-refractivity contribution in [3.63, 3.8) is 0 Å². The maximum absolute atomic E-state index is 13.8. The summed E-state index contributed by atoms with van der Waals surface area (Å²) in [5.74, 6) is -1.24. The number of carbonyl (C=O) groups is 2. The van der Waals surface area contributed by atoms with E-state index in [-0.39, 0.29) is 11.9 Å². The second-order valence-electron chi connectivity index (χ2n) is 8.75. The fourth-order valence-corrected chi connectivity index (χ4v) is 4.09. The zero-order valence-corrected chi connectivity index (χ0v) is 20.5. The Kier molecular flexibility index (Phi) is 8.75. The van der Waals surface area contributed by atoms with Gasteiger partial charge in [-0.05, 0) is 68.4 Å². The van der Waals surface area contributed by atoms with Gasteiger partial charge in [0.2, 0.25) is 5.82 Å². The molecule has 10 nitrogen and oxygen atoms in total. The van der Waals surface area contributed by atoms with Crippen LogP contribution in [0, 0.1) is 15.9 Å². The molecule has 0 fully saturated rings. The molecule has 3 aromatic rings. The fraction of sp³-hybridized carbons (Fsp3) is 0.231. The first-order valence-electron chi connectivity index (χ1n) is 11.5. The molecule has 194 valence electrons. The molecule has 0 heterocycles. The Balaban J connectivity index is 1.77. The lowest BCUT2D eigenvalue weighted by molar-refractivity contribution is -0.387. The number of para-hydroxylation sites is 2. The van der Waals surface area contributed by atoms with Crippen LogP contribution < -0.4 is 22.1 Å². The summed E-state index contributed by atoms with van der Waals surface area (Å²) < 4.78 is 13.8. The highest BCUT2D eigenvalue weighted by Gasteiger charge is 2.23. The van der Waals surface area contributed by atoms with Gasteiger partial charge in [0.25, 0.3) is 5.91 Å². The molecule has 0 saturated heterocycles. The van der Waals surface area contributed by atoms with Gasteiger partial charge < -0.3 is 27.0 Å². The Hall–Kier alpha value is -4.51. The molecule has 0 radical (unpaired) electrons. The third kappa shape index (κ3) is 7.01. The molecule has 3 aromatic carbocycles. The van der Waals surface area contributed by atoms with Gasteiger partial charge in [0.05, 0.1) is 22.3 Å². The number of nitrogens with one attached hydrogen (secondary N) is 2. The van der Waals surface area contributed by atoms with E-state index in [1.807, 2.05) is 19.0 Å². The minimum absolute atomic E-state index is 0.294. The highest BCUT2D eigenvalue weighted by molar-refractivity contribution is 6.05. The predicted octanol–water partition coefficient (Wildman–Crippen LogP) is 4.36. The van der Waals surface area contributed by atoms with E-state index in [0.29, 0.717) is 35.3 Å². The van der Waals surface area contributed by atoms with E-state index in [0.717, 1.165) is 11.6 Å². The van der Waals surface area contributed by atoms with Crippen molar-refractivity contribution in [1.82, 2.24) is 10.2 Å². The first-order valence-corrected chi connectivity index (χ1v) is 11.5. The van der Waals surface area contributed by atoms with Crippen molar-refractivity contribution < 1.29 is 18.9 Å². The van der Waals surface area contributed by atoms with Crippen molar-refractivity contribution in [1.29, 1.82) is 0 Å². The molecule has 11 heteroatoms. The van der Waals surface area contributed by atoms with Crippen LogP contribution >= 0.6 is 0 Å². The largest absolute Gasteiger partial charge is 0.397 e. The summed E-state index contributed by atoms with van der Waals surface area (Å²) in [6.45, 7) is 0. The summed E-state index contributed by atoms with van der Waals surface area (Å²) in [6.07, 6.45) is 0.888. The minimum Gasteiger partial charge on any atom is -0.397 e. The van der Waals surface area contributed by atoms with E-state index in [1.165, 1.54) is 12.1 Å². The number of hydrogen-bond donors (Lipinski definition) is 4. The van der Waals surface area contributed by atoms with Crippen LogP contribution in [-0.4, -0.2) is 35.9 Å². The maximum Gasteiger partial charge on any atom is 0.312 e. The Morgan fingerprint density at radius 2 is 1.68 bits per heavy atom. The van der Waals surface area contributed by atoms with Crippen LogP contribution in [-0.2, 0) is 0 Å². The topological polar surface area (TPSA) is 157 Å². The number of carbonyl (C=O) groups excluding carboxylic acids is 2. The Labute approximate surface area is 213 Å². The van der Waals surface area contributed by atoms with E-state index in [9.17, 15) is 24.1 Å². The minimum atomic E-state index is -0.904.